The van der Waals surface area contributed by atoms with E-state index in [0.29, 0.717) is 30.9 Å². The van der Waals surface area contributed by atoms with E-state index < -0.39 is 6.04 Å². The van der Waals surface area contributed by atoms with Crippen LogP contribution < -0.4 is 16.0 Å². The number of nitrogens with one attached hydrogen (secondary N) is 3. The number of urea groups is 1. The summed E-state index contributed by atoms with van der Waals surface area (Å²) in [6, 6.07) is 13.8. The maximum Gasteiger partial charge on any atom is 0.322 e. The molecule has 28 heavy (non-hydrogen) atoms. The molecule has 4 amide bonds. The number of hydrogen-bond donors (Lipinski definition) is 3. The first kappa shape index (κ1) is 19.4. The largest absolute Gasteiger partial charge is 0.355 e. The summed E-state index contributed by atoms with van der Waals surface area (Å²) in [4.78, 5) is 38.2. The summed E-state index contributed by atoms with van der Waals surface area (Å²) < 4.78 is 0. The van der Waals surface area contributed by atoms with E-state index in [9.17, 15) is 14.4 Å². The van der Waals surface area contributed by atoms with Gasteiger partial charge >= 0.3 is 6.03 Å². The number of nitrogens with zero attached hydrogens (tertiary/aromatic N) is 1. The van der Waals surface area contributed by atoms with Crippen molar-refractivity contribution < 1.29 is 14.4 Å². The molecule has 2 aromatic carbocycles. The first-order chi connectivity index (χ1) is 13.5. The molecule has 0 aliphatic carbocycles. The second-order valence-electron chi connectivity index (χ2n) is 6.72. The zero-order chi connectivity index (χ0) is 20.1. The van der Waals surface area contributed by atoms with Gasteiger partial charge in [-0.05, 0) is 49.2 Å². The van der Waals surface area contributed by atoms with E-state index in [2.05, 4.69) is 16.0 Å². The maximum atomic E-state index is 12.5. The highest BCUT2D eigenvalue weighted by molar-refractivity contribution is 5.98. The van der Waals surface area contributed by atoms with Crippen molar-refractivity contribution in [3.05, 3.63) is 65.2 Å². The van der Waals surface area contributed by atoms with Gasteiger partial charge in [-0.15, -0.1) is 0 Å². The monoisotopic (exact) mass is 380 g/mol. The Bertz CT molecular complexity index is 854. The molecule has 7 heteroatoms. The van der Waals surface area contributed by atoms with Gasteiger partial charge in [0.1, 0.15) is 6.04 Å². The lowest BCUT2D eigenvalue weighted by Gasteiger charge is -2.17. The summed E-state index contributed by atoms with van der Waals surface area (Å²) in [5.74, 6) is -0.571. The van der Waals surface area contributed by atoms with Gasteiger partial charge in [-0.25, -0.2) is 4.79 Å². The topological polar surface area (TPSA) is 90.5 Å². The summed E-state index contributed by atoms with van der Waals surface area (Å²) in [7, 11) is 0. The molecule has 1 unspecified atom stereocenters. The van der Waals surface area contributed by atoms with Crippen molar-refractivity contribution in [3.8, 4) is 0 Å². The number of carbonyl (C=O) groups is 3. The minimum atomic E-state index is -0.622. The predicted molar refractivity (Wildman–Crippen MR) is 107 cm³/mol. The van der Waals surface area contributed by atoms with Gasteiger partial charge in [0.15, 0.2) is 0 Å². The molecule has 0 saturated carbocycles. The van der Waals surface area contributed by atoms with Crippen LogP contribution in [0.4, 0.5) is 10.5 Å². The molecule has 3 rings (SSSR count). The first-order valence-corrected chi connectivity index (χ1v) is 9.29. The lowest BCUT2D eigenvalue weighted by atomic mass is 10.1. The number of anilines is 1. The molecule has 146 valence electrons. The van der Waals surface area contributed by atoms with Crippen LogP contribution in [0.2, 0.25) is 0 Å². The van der Waals surface area contributed by atoms with Gasteiger partial charge in [0.25, 0.3) is 5.91 Å². The van der Waals surface area contributed by atoms with Gasteiger partial charge in [0.05, 0.1) is 0 Å². The summed E-state index contributed by atoms with van der Waals surface area (Å²) in [5, 5.41) is 8.16. The fraction of sp³-hybridized carbons (Fsp3) is 0.286. The first-order valence-electron chi connectivity index (χ1n) is 9.29. The van der Waals surface area contributed by atoms with Crippen molar-refractivity contribution in [1.29, 1.82) is 0 Å². The Morgan fingerprint density at radius 3 is 2.18 bits per heavy atom. The van der Waals surface area contributed by atoms with Crippen LogP contribution in [-0.4, -0.2) is 35.3 Å². The Morgan fingerprint density at radius 1 is 1.00 bits per heavy atom. The molecule has 0 aromatic heterocycles. The van der Waals surface area contributed by atoms with Crippen molar-refractivity contribution >= 4 is 23.5 Å². The minimum Gasteiger partial charge on any atom is -0.355 e. The Hall–Kier alpha value is -3.35. The van der Waals surface area contributed by atoms with Crippen molar-refractivity contribution in [1.82, 2.24) is 15.5 Å². The van der Waals surface area contributed by atoms with Gasteiger partial charge in [-0.3, -0.25) is 9.59 Å². The molecule has 1 atom stereocenters. The van der Waals surface area contributed by atoms with Gasteiger partial charge < -0.3 is 20.9 Å². The van der Waals surface area contributed by atoms with E-state index in [0.717, 1.165) is 11.1 Å². The zero-order valence-corrected chi connectivity index (χ0v) is 16.0. The SMILES string of the molecule is CCNC(=O)C(C)NC(=O)c1ccc(NC(=O)N2Cc3ccccc3C2)cc1. The molecule has 0 spiro atoms. The molecule has 7 nitrogen and oxygen atoms in total. The molecule has 1 aliphatic rings. The lowest BCUT2D eigenvalue weighted by molar-refractivity contribution is -0.122. The third-order valence-corrected chi connectivity index (χ3v) is 4.62. The molecular weight excluding hydrogens is 356 g/mol. The highest BCUT2D eigenvalue weighted by Crippen LogP contribution is 2.23. The number of hydrogen-bond acceptors (Lipinski definition) is 3. The van der Waals surface area contributed by atoms with Crippen molar-refractivity contribution in [3.63, 3.8) is 0 Å². The molecule has 0 bridgehead atoms. The third kappa shape index (κ3) is 4.49. The van der Waals surface area contributed by atoms with Crippen LogP contribution in [0.3, 0.4) is 0 Å². The molecule has 3 N–H and O–H groups in total. The third-order valence-electron chi connectivity index (χ3n) is 4.62. The van der Waals surface area contributed by atoms with Gasteiger partial charge in [-0.2, -0.15) is 0 Å². The van der Waals surface area contributed by atoms with Crippen LogP contribution in [0, 0.1) is 0 Å². The van der Waals surface area contributed by atoms with Crippen LogP contribution in [0.1, 0.15) is 35.3 Å². The fourth-order valence-electron chi connectivity index (χ4n) is 3.06. The fourth-order valence-corrected chi connectivity index (χ4v) is 3.06. The number of amides is 4. The molecule has 1 aliphatic heterocycles. The van der Waals surface area contributed by atoms with Crippen LogP contribution in [0.25, 0.3) is 0 Å². The van der Waals surface area contributed by atoms with E-state index in [1.165, 1.54) is 0 Å². The van der Waals surface area contributed by atoms with Crippen LogP contribution in [0.15, 0.2) is 48.5 Å². The van der Waals surface area contributed by atoms with Crippen molar-refractivity contribution in [2.75, 3.05) is 11.9 Å². The van der Waals surface area contributed by atoms with E-state index >= 15 is 0 Å². The van der Waals surface area contributed by atoms with Gasteiger partial charge in [0, 0.05) is 30.9 Å². The number of rotatable bonds is 5. The molecule has 1 heterocycles. The standard InChI is InChI=1S/C21H24N4O3/c1-3-22-19(26)14(2)23-20(27)15-8-10-18(11-9-15)24-21(28)25-12-16-6-4-5-7-17(16)13-25/h4-11,14H,3,12-13H2,1-2H3,(H,22,26)(H,23,27)(H,24,28). The van der Waals surface area contributed by atoms with Gasteiger partial charge in [-0.1, -0.05) is 24.3 Å². The quantitative estimate of drug-likeness (QED) is 0.744. The normalized spacial score (nSPS) is 13.4. The van der Waals surface area contributed by atoms with E-state index in [-0.39, 0.29) is 17.8 Å². The van der Waals surface area contributed by atoms with Crippen molar-refractivity contribution in [2.24, 2.45) is 0 Å². The zero-order valence-electron chi connectivity index (χ0n) is 16.0. The summed E-state index contributed by atoms with van der Waals surface area (Å²) >= 11 is 0. The Labute approximate surface area is 164 Å². The number of carbonyl (C=O) groups excluding carboxylic acids is 3. The van der Waals surface area contributed by atoms with E-state index in [4.69, 9.17) is 0 Å². The summed E-state index contributed by atoms with van der Waals surface area (Å²) in [6.07, 6.45) is 0. The predicted octanol–water partition coefficient (Wildman–Crippen LogP) is 2.49. The lowest BCUT2D eigenvalue weighted by Crippen LogP contribution is -2.44. The number of likely N-dealkylation sites (N-methyl/N-ethyl adjacent to an activating group) is 1. The molecule has 0 fully saturated rings. The molecular formula is C21H24N4O3. The maximum absolute atomic E-state index is 12.5. The Morgan fingerprint density at radius 2 is 1.61 bits per heavy atom. The Balaban J connectivity index is 1.55. The number of fused-ring (bicyclic) bond motifs is 1. The highest BCUT2D eigenvalue weighted by atomic mass is 16.2. The Kier molecular flexibility index (Phi) is 5.93. The van der Waals surface area contributed by atoms with Gasteiger partial charge in [0.2, 0.25) is 5.91 Å². The van der Waals surface area contributed by atoms with Crippen LogP contribution in [-0.2, 0) is 17.9 Å². The average molecular weight is 380 g/mol. The number of benzene rings is 2. The van der Waals surface area contributed by atoms with Crippen LogP contribution >= 0.6 is 0 Å². The molecule has 0 radical (unpaired) electrons. The highest BCUT2D eigenvalue weighted by Gasteiger charge is 2.23. The van der Waals surface area contributed by atoms with E-state index in [1.54, 1.807) is 36.1 Å². The van der Waals surface area contributed by atoms with E-state index in [1.807, 2.05) is 31.2 Å². The smallest absolute Gasteiger partial charge is 0.322 e. The second-order valence-corrected chi connectivity index (χ2v) is 6.72. The summed E-state index contributed by atoms with van der Waals surface area (Å²) in [6.45, 7) is 5.13. The minimum absolute atomic E-state index is 0.182. The van der Waals surface area contributed by atoms with Crippen molar-refractivity contribution in [2.45, 2.75) is 33.0 Å². The molecule has 0 saturated heterocycles. The summed E-state index contributed by atoms with van der Waals surface area (Å²) in [5.41, 5.74) is 3.34. The molecule has 2 aromatic rings. The second kappa shape index (κ2) is 8.56. The van der Waals surface area contributed by atoms with Crippen LogP contribution in [0.5, 0.6) is 0 Å². The average Bonchev–Trinajstić information content (AvgIpc) is 3.13.